The Morgan fingerprint density at radius 1 is 1.33 bits per heavy atom. The largest absolute Gasteiger partial charge is 0.367 e. The van der Waals surface area contributed by atoms with E-state index in [0.717, 1.165) is 23.2 Å². The molecule has 2 aromatic rings. The average molecular weight is 285 g/mol. The van der Waals surface area contributed by atoms with Gasteiger partial charge in [-0.1, -0.05) is 48.3 Å². The number of anilines is 1. The predicted octanol–water partition coefficient (Wildman–Crippen LogP) is 4.74. The third-order valence-electron chi connectivity index (χ3n) is 3.03. The molecule has 1 unspecified atom stereocenters. The molecule has 18 heavy (non-hydrogen) atoms. The molecule has 0 spiro atoms. The minimum absolute atomic E-state index is 0.274. The van der Waals surface area contributed by atoms with Crippen LogP contribution in [0.1, 0.15) is 31.9 Å². The van der Waals surface area contributed by atoms with Crippen molar-refractivity contribution in [2.45, 2.75) is 26.2 Å². The van der Waals surface area contributed by atoms with Gasteiger partial charge >= 0.3 is 0 Å². The van der Waals surface area contributed by atoms with Crippen molar-refractivity contribution in [3.63, 3.8) is 0 Å². The first-order valence-electron chi connectivity index (χ1n) is 5.75. The standard InChI is InChI=1S/C13H14Cl2N2O/c1-3-7(2)12-11(13(16)18-17-12)8-4-5-9(14)10(15)6-8/h4-7H,3,16H2,1-2H3. The Morgan fingerprint density at radius 2 is 2.06 bits per heavy atom. The van der Waals surface area contributed by atoms with Gasteiger partial charge in [0.2, 0.25) is 5.88 Å². The summed E-state index contributed by atoms with van der Waals surface area (Å²) in [5.41, 5.74) is 8.39. The zero-order valence-corrected chi connectivity index (χ0v) is 11.7. The topological polar surface area (TPSA) is 52.0 Å². The molecule has 1 atom stereocenters. The maximum Gasteiger partial charge on any atom is 0.230 e. The highest BCUT2D eigenvalue weighted by Gasteiger charge is 2.20. The van der Waals surface area contributed by atoms with Crippen LogP contribution in [-0.4, -0.2) is 5.16 Å². The molecule has 2 rings (SSSR count). The van der Waals surface area contributed by atoms with Gasteiger partial charge in [-0.25, -0.2) is 0 Å². The second-order valence-corrected chi connectivity index (χ2v) is 5.06. The summed E-state index contributed by atoms with van der Waals surface area (Å²) in [5.74, 6) is 0.583. The Bertz CT molecular complexity index is 566. The van der Waals surface area contributed by atoms with E-state index in [0.29, 0.717) is 15.9 Å². The molecule has 0 bridgehead atoms. The van der Waals surface area contributed by atoms with Crippen LogP contribution in [0.5, 0.6) is 0 Å². The van der Waals surface area contributed by atoms with Crippen molar-refractivity contribution in [1.29, 1.82) is 0 Å². The number of aromatic nitrogens is 1. The van der Waals surface area contributed by atoms with Crippen LogP contribution in [0.4, 0.5) is 5.88 Å². The summed E-state index contributed by atoms with van der Waals surface area (Å²) < 4.78 is 5.09. The first-order valence-corrected chi connectivity index (χ1v) is 6.50. The molecule has 0 aliphatic heterocycles. The lowest BCUT2D eigenvalue weighted by molar-refractivity contribution is 0.421. The molecule has 1 aromatic heterocycles. The minimum Gasteiger partial charge on any atom is -0.367 e. The number of rotatable bonds is 3. The van der Waals surface area contributed by atoms with Gasteiger partial charge in [0.1, 0.15) is 0 Å². The van der Waals surface area contributed by atoms with E-state index >= 15 is 0 Å². The van der Waals surface area contributed by atoms with Crippen molar-refractivity contribution in [2.75, 3.05) is 5.73 Å². The fourth-order valence-corrected chi connectivity index (χ4v) is 2.09. The molecule has 3 nitrogen and oxygen atoms in total. The van der Waals surface area contributed by atoms with E-state index in [1.807, 2.05) is 6.07 Å². The highest BCUT2D eigenvalue weighted by molar-refractivity contribution is 6.42. The average Bonchev–Trinajstić information content (AvgIpc) is 2.74. The van der Waals surface area contributed by atoms with Crippen molar-refractivity contribution in [1.82, 2.24) is 5.16 Å². The summed E-state index contributed by atoms with van der Waals surface area (Å²) in [7, 11) is 0. The van der Waals surface area contributed by atoms with Crippen LogP contribution in [0.3, 0.4) is 0 Å². The fourth-order valence-electron chi connectivity index (χ4n) is 1.79. The summed E-state index contributed by atoms with van der Waals surface area (Å²) in [6, 6.07) is 5.38. The van der Waals surface area contributed by atoms with Gasteiger partial charge in [0.15, 0.2) is 0 Å². The SMILES string of the molecule is CCC(C)c1noc(N)c1-c1ccc(Cl)c(Cl)c1. The maximum absolute atomic E-state index is 6.03. The van der Waals surface area contributed by atoms with Gasteiger partial charge in [-0.15, -0.1) is 0 Å². The number of halogens is 2. The minimum atomic E-state index is 0.274. The van der Waals surface area contributed by atoms with Gasteiger partial charge < -0.3 is 10.3 Å². The van der Waals surface area contributed by atoms with Gasteiger partial charge in [-0.05, 0) is 24.1 Å². The molecule has 0 saturated heterocycles. The van der Waals surface area contributed by atoms with Crippen molar-refractivity contribution >= 4 is 29.1 Å². The number of benzene rings is 1. The van der Waals surface area contributed by atoms with Gasteiger partial charge in [0.05, 0.1) is 21.3 Å². The number of hydrogen-bond acceptors (Lipinski definition) is 3. The Labute approximate surface area is 116 Å². The smallest absolute Gasteiger partial charge is 0.230 e. The van der Waals surface area contributed by atoms with E-state index in [9.17, 15) is 0 Å². The van der Waals surface area contributed by atoms with Crippen LogP contribution in [0, 0.1) is 0 Å². The lowest BCUT2D eigenvalue weighted by atomic mass is 9.96. The molecule has 0 saturated carbocycles. The molecule has 5 heteroatoms. The van der Waals surface area contributed by atoms with E-state index in [-0.39, 0.29) is 5.92 Å². The van der Waals surface area contributed by atoms with Crippen LogP contribution in [0.25, 0.3) is 11.1 Å². The van der Waals surface area contributed by atoms with Crippen molar-refractivity contribution in [2.24, 2.45) is 0 Å². The van der Waals surface area contributed by atoms with Crippen LogP contribution in [0.15, 0.2) is 22.7 Å². The molecule has 0 radical (unpaired) electrons. The summed E-state index contributed by atoms with van der Waals surface area (Å²) in [4.78, 5) is 0. The second-order valence-electron chi connectivity index (χ2n) is 4.25. The van der Waals surface area contributed by atoms with E-state index in [1.54, 1.807) is 12.1 Å². The molecule has 0 fully saturated rings. The molecule has 0 amide bonds. The van der Waals surface area contributed by atoms with Gasteiger partial charge in [0.25, 0.3) is 0 Å². The van der Waals surface area contributed by atoms with E-state index in [2.05, 4.69) is 19.0 Å². The van der Waals surface area contributed by atoms with Gasteiger partial charge in [-0.3, -0.25) is 0 Å². The van der Waals surface area contributed by atoms with Crippen LogP contribution in [0.2, 0.25) is 10.0 Å². The summed E-state index contributed by atoms with van der Waals surface area (Å²) in [5, 5.41) is 5.04. The first-order chi connectivity index (χ1) is 8.54. The number of nitrogens with zero attached hydrogens (tertiary/aromatic N) is 1. The zero-order valence-electron chi connectivity index (χ0n) is 10.2. The molecule has 0 aliphatic carbocycles. The molecule has 2 N–H and O–H groups in total. The molecule has 1 heterocycles. The first kappa shape index (κ1) is 13.2. The summed E-state index contributed by atoms with van der Waals surface area (Å²) in [6.07, 6.45) is 0.959. The predicted molar refractivity (Wildman–Crippen MR) is 75.1 cm³/mol. The van der Waals surface area contributed by atoms with Crippen molar-refractivity contribution in [3.8, 4) is 11.1 Å². The Kier molecular flexibility index (Phi) is 3.83. The number of nitrogens with two attached hydrogens (primary N) is 1. The van der Waals surface area contributed by atoms with Crippen molar-refractivity contribution in [3.05, 3.63) is 33.9 Å². The van der Waals surface area contributed by atoms with Gasteiger partial charge in [0, 0.05) is 5.92 Å². The Hall–Kier alpha value is -1.19. The lowest BCUT2D eigenvalue weighted by Gasteiger charge is -2.08. The highest BCUT2D eigenvalue weighted by Crippen LogP contribution is 2.37. The molecular formula is C13H14Cl2N2O. The summed E-state index contributed by atoms with van der Waals surface area (Å²) in [6.45, 7) is 4.17. The maximum atomic E-state index is 6.03. The number of hydrogen-bond donors (Lipinski definition) is 1. The van der Waals surface area contributed by atoms with E-state index in [1.165, 1.54) is 0 Å². The second kappa shape index (κ2) is 5.21. The zero-order chi connectivity index (χ0) is 13.3. The summed E-state index contributed by atoms with van der Waals surface area (Å²) >= 11 is 11.9. The van der Waals surface area contributed by atoms with Crippen LogP contribution in [-0.2, 0) is 0 Å². The third-order valence-corrected chi connectivity index (χ3v) is 3.77. The van der Waals surface area contributed by atoms with Crippen LogP contribution >= 0.6 is 23.2 Å². The molecule has 0 aliphatic rings. The fraction of sp³-hybridized carbons (Fsp3) is 0.308. The lowest BCUT2D eigenvalue weighted by Crippen LogP contribution is -1.95. The van der Waals surface area contributed by atoms with E-state index < -0.39 is 0 Å². The molecular weight excluding hydrogens is 271 g/mol. The molecule has 96 valence electrons. The van der Waals surface area contributed by atoms with Crippen LogP contribution < -0.4 is 5.73 Å². The monoisotopic (exact) mass is 284 g/mol. The normalized spacial score (nSPS) is 12.7. The Morgan fingerprint density at radius 3 is 2.67 bits per heavy atom. The molecule has 1 aromatic carbocycles. The van der Waals surface area contributed by atoms with Crippen molar-refractivity contribution < 1.29 is 4.52 Å². The van der Waals surface area contributed by atoms with Gasteiger partial charge in [-0.2, -0.15) is 0 Å². The third kappa shape index (κ3) is 2.33. The highest BCUT2D eigenvalue weighted by atomic mass is 35.5. The Balaban J connectivity index is 2.55. The quantitative estimate of drug-likeness (QED) is 0.885. The number of nitrogen functional groups attached to an aromatic ring is 1. The van der Waals surface area contributed by atoms with E-state index in [4.69, 9.17) is 33.5 Å².